The van der Waals surface area contributed by atoms with Crippen LogP contribution < -0.4 is 5.32 Å². The summed E-state index contributed by atoms with van der Waals surface area (Å²) < 4.78 is 5.70. The number of nitrogens with zero attached hydrogens (tertiary/aromatic N) is 4. The van der Waals surface area contributed by atoms with Crippen molar-refractivity contribution in [2.24, 2.45) is 20.9 Å². The van der Waals surface area contributed by atoms with Gasteiger partial charge in [-0.15, -0.1) is 6.58 Å². The van der Waals surface area contributed by atoms with E-state index in [9.17, 15) is 15.3 Å². The summed E-state index contributed by atoms with van der Waals surface area (Å²) in [6.45, 7) is 4.31. The Morgan fingerprint density at radius 3 is 2.75 bits per heavy atom. The molecule has 9 heteroatoms. The third kappa shape index (κ3) is 3.11. The number of hydrogen-bond acceptors (Lipinski definition) is 9. The monoisotopic (exact) mass is 391 g/mol. The van der Waals surface area contributed by atoms with Gasteiger partial charge in [0, 0.05) is 12.5 Å². The normalized spacial score (nSPS) is 38.3. The molecule has 28 heavy (non-hydrogen) atoms. The van der Waals surface area contributed by atoms with E-state index in [0.29, 0.717) is 18.3 Å². The van der Waals surface area contributed by atoms with Crippen molar-refractivity contribution in [2.45, 2.75) is 62.3 Å². The molecule has 1 aliphatic carbocycles. The van der Waals surface area contributed by atoms with E-state index in [2.05, 4.69) is 16.9 Å². The molecule has 0 aromatic heterocycles. The first kappa shape index (κ1) is 19.7. The van der Waals surface area contributed by atoms with Gasteiger partial charge in [-0.25, -0.2) is 9.98 Å². The molecule has 0 aromatic carbocycles. The first-order valence-corrected chi connectivity index (χ1v) is 10.0. The fourth-order valence-corrected chi connectivity index (χ4v) is 4.74. The molecule has 1 saturated carbocycles. The molecule has 4 aliphatic rings. The van der Waals surface area contributed by atoms with Crippen molar-refractivity contribution in [3.05, 3.63) is 12.7 Å². The lowest BCUT2D eigenvalue weighted by Gasteiger charge is -2.42. The lowest BCUT2D eigenvalue weighted by atomic mass is 9.77. The standard InChI is InChI=1S/C19H29N5O4/c1-2-8-22-19(12-6-4-3-5-7-12)16-17(20-10-23-19)24(11-21-16)18-15(27)14(26)13(9-25)28-18/h2,10,12-15,18,22,25-27H,1,3-9,11H2/t13-,14-,15-,18-,19?/m1/s1. The van der Waals surface area contributed by atoms with Crippen LogP contribution in [-0.2, 0) is 4.74 Å². The number of aliphatic hydroxyl groups is 3. The molecule has 2 fully saturated rings. The Hall–Kier alpha value is -1.65. The fraction of sp³-hybridized carbons (Fsp3) is 0.737. The minimum atomic E-state index is -1.15. The fourth-order valence-electron chi connectivity index (χ4n) is 4.74. The molecule has 0 bridgehead atoms. The first-order valence-electron chi connectivity index (χ1n) is 10.0. The second-order valence-corrected chi connectivity index (χ2v) is 7.81. The highest BCUT2D eigenvalue weighted by atomic mass is 16.6. The molecule has 9 nitrogen and oxygen atoms in total. The van der Waals surface area contributed by atoms with E-state index >= 15 is 0 Å². The minimum absolute atomic E-state index is 0.258. The largest absolute Gasteiger partial charge is 0.394 e. The van der Waals surface area contributed by atoms with Gasteiger partial charge in [0.1, 0.15) is 37.0 Å². The summed E-state index contributed by atoms with van der Waals surface area (Å²) in [7, 11) is 0. The summed E-state index contributed by atoms with van der Waals surface area (Å²) in [5, 5.41) is 33.5. The smallest absolute Gasteiger partial charge is 0.162 e. The summed E-state index contributed by atoms with van der Waals surface area (Å²) in [6, 6.07) is 0. The molecule has 5 atom stereocenters. The second-order valence-electron chi connectivity index (χ2n) is 7.81. The number of aliphatic hydroxyl groups excluding tert-OH is 3. The van der Waals surface area contributed by atoms with Gasteiger partial charge in [-0.2, -0.15) is 0 Å². The Labute approximate surface area is 164 Å². The minimum Gasteiger partial charge on any atom is -0.394 e. The van der Waals surface area contributed by atoms with Gasteiger partial charge in [0.25, 0.3) is 0 Å². The van der Waals surface area contributed by atoms with Crippen LogP contribution in [0.3, 0.4) is 0 Å². The Morgan fingerprint density at radius 2 is 2.07 bits per heavy atom. The molecule has 0 spiro atoms. The van der Waals surface area contributed by atoms with Crippen molar-refractivity contribution >= 4 is 17.9 Å². The molecular formula is C19H29N5O4. The molecule has 4 N–H and O–H groups in total. The van der Waals surface area contributed by atoms with Crippen LogP contribution in [0.4, 0.5) is 0 Å². The number of fused-ring (bicyclic) bond motifs is 1. The predicted octanol–water partition coefficient (Wildman–Crippen LogP) is -0.368. The van der Waals surface area contributed by atoms with Gasteiger partial charge in [-0.3, -0.25) is 10.3 Å². The molecule has 3 heterocycles. The van der Waals surface area contributed by atoms with Crippen LogP contribution in [0, 0.1) is 5.92 Å². The van der Waals surface area contributed by atoms with Gasteiger partial charge in [0.05, 0.1) is 6.61 Å². The van der Waals surface area contributed by atoms with Crippen LogP contribution in [0.25, 0.3) is 0 Å². The van der Waals surface area contributed by atoms with E-state index in [4.69, 9.17) is 14.7 Å². The Balaban J connectivity index is 1.62. The maximum absolute atomic E-state index is 10.4. The molecule has 154 valence electrons. The summed E-state index contributed by atoms with van der Waals surface area (Å²) in [5.74, 6) is 0.902. The molecule has 4 rings (SSSR count). The number of amidine groups is 1. The SMILES string of the molecule is C=CCNC1(C2CCCCC2)N=CN=C2C1=NCN2[C@@H]1O[C@H](CO)[C@@H](O)[C@H]1O. The van der Waals surface area contributed by atoms with Crippen molar-refractivity contribution < 1.29 is 20.1 Å². The van der Waals surface area contributed by atoms with E-state index in [1.807, 2.05) is 6.08 Å². The molecule has 1 unspecified atom stereocenters. The van der Waals surface area contributed by atoms with Gasteiger partial charge in [-0.05, 0) is 12.8 Å². The van der Waals surface area contributed by atoms with Crippen LogP contribution in [0.1, 0.15) is 32.1 Å². The second kappa shape index (κ2) is 8.00. The van der Waals surface area contributed by atoms with Gasteiger partial charge < -0.3 is 25.0 Å². The first-order chi connectivity index (χ1) is 13.6. The van der Waals surface area contributed by atoms with Gasteiger partial charge in [0.15, 0.2) is 17.7 Å². The van der Waals surface area contributed by atoms with Crippen LogP contribution in [-0.4, -0.2) is 88.1 Å². The topological polar surface area (TPSA) is 122 Å². The summed E-state index contributed by atoms with van der Waals surface area (Å²) in [6.07, 6.45) is 5.09. The molecule has 3 aliphatic heterocycles. The predicted molar refractivity (Wildman–Crippen MR) is 105 cm³/mol. The molecular weight excluding hydrogens is 362 g/mol. The van der Waals surface area contributed by atoms with Crippen molar-refractivity contribution in [3.8, 4) is 0 Å². The van der Waals surface area contributed by atoms with Gasteiger partial charge >= 0.3 is 0 Å². The number of aliphatic imine (C=N–C) groups is 3. The van der Waals surface area contributed by atoms with E-state index < -0.39 is 30.2 Å². The van der Waals surface area contributed by atoms with E-state index in [1.165, 1.54) is 6.42 Å². The number of ether oxygens (including phenoxy) is 1. The van der Waals surface area contributed by atoms with E-state index in [1.54, 1.807) is 11.2 Å². The maximum Gasteiger partial charge on any atom is 0.162 e. The van der Waals surface area contributed by atoms with Crippen LogP contribution in [0.2, 0.25) is 0 Å². The van der Waals surface area contributed by atoms with Crippen molar-refractivity contribution in [3.63, 3.8) is 0 Å². The average molecular weight is 391 g/mol. The third-order valence-electron chi connectivity index (χ3n) is 6.20. The van der Waals surface area contributed by atoms with Gasteiger partial charge in [-0.1, -0.05) is 25.3 Å². The zero-order chi connectivity index (χ0) is 19.7. The van der Waals surface area contributed by atoms with Crippen LogP contribution in [0.15, 0.2) is 27.6 Å². The molecule has 0 radical (unpaired) electrons. The Bertz CT molecular complexity index is 690. The van der Waals surface area contributed by atoms with Crippen LogP contribution >= 0.6 is 0 Å². The Morgan fingerprint density at radius 1 is 1.29 bits per heavy atom. The lowest BCUT2D eigenvalue weighted by molar-refractivity contribution is -0.0688. The average Bonchev–Trinajstić information content (AvgIpc) is 3.29. The zero-order valence-corrected chi connectivity index (χ0v) is 15.9. The van der Waals surface area contributed by atoms with Crippen molar-refractivity contribution in [2.75, 3.05) is 19.8 Å². The maximum atomic E-state index is 10.4. The highest BCUT2D eigenvalue weighted by molar-refractivity contribution is 6.47. The molecule has 0 amide bonds. The number of rotatable bonds is 6. The zero-order valence-electron chi connectivity index (χ0n) is 15.9. The Kier molecular flexibility index (Phi) is 5.62. The van der Waals surface area contributed by atoms with E-state index in [0.717, 1.165) is 31.4 Å². The number of hydrogen-bond donors (Lipinski definition) is 4. The van der Waals surface area contributed by atoms with Crippen LogP contribution in [0.5, 0.6) is 0 Å². The van der Waals surface area contributed by atoms with Crippen molar-refractivity contribution in [1.29, 1.82) is 0 Å². The lowest BCUT2D eigenvalue weighted by Crippen LogP contribution is -2.61. The highest BCUT2D eigenvalue weighted by Gasteiger charge is 2.53. The summed E-state index contributed by atoms with van der Waals surface area (Å²) in [4.78, 5) is 15.7. The molecule has 1 saturated heterocycles. The highest BCUT2D eigenvalue weighted by Crippen LogP contribution is 2.38. The summed E-state index contributed by atoms with van der Waals surface area (Å²) >= 11 is 0. The van der Waals surface area contributed by atoms with E-state index in [-0.39, 0.29) is 13.3 Å². The summed E-state index contributed by atoms with van der Waals surface area (Å²) in [5.41, 5.74) is 0.0837. The number of nitrogens with one attached hydrogen (secondary N) is 1. The van der Waals surface area contributed by atoms with Gasteiger partial charge in [0.2, 0.25) is 0 Å². The molecule has 0 aromatic rings. The third-order valence-corrected chi connectivity index (χ3v) is 6.20. The quantitative estimate of drug-likeness (QED) is 0.459. The van der Waals surface area contributed by atoms with Crippen molar-refractivity contribution in [1.82, 2.24) is 10.2 Å².